The SMILES string of the molecule is Cc1ccc(NC(=O)CC2Oc3ccccc3NC2=O)c2cccnc12. The number of hydrogen-bond donors (Lipinski definition) is 2. The fourth-order valence-electron chi connectivity index (χ4n) is 3.02. The van der Waals surface area contributed by atoms with E-state index in [0.29, 0.717) is 17.1 Å². The molecule has 1 aliphatic heterocycles. The Bertz CT molecular complexity index is 1020. The van der Waals surface area contributed by atoms with E-state index >= 15 is 0 Å². The highest BCUT2D eigenvalue weighted by Gasteiger charge is 2.29. The minimum atomic E-state index is -0.861. The summed E-state index contributed by atoms with van der Waals surface area (Å²) in [7, 11) is 0. The van der Waals surface area contributed by atoms with Crippen LogP contribution in [0.5, 0.6) is 5.75 Å². The third-order valence-electron chi connectivity index (χ3n) is 4.32. The van der Waals surface area contributed by atoms with Crippen molar-refractivity contribution in [1.82, 2.24) is 4.98 Å². The van der Waals surface area contributed by atoms with Gasteiger partial charge in [0.15, 0.2) is 6.10 Å². The van der Waals surface area contributed by atoms with Crippen molar-refractivity contribution >= 4 is 34.1 Å². The van der Waals surface area contributed by atoms with Gasteiger partial charge < -0.3 is 15.4 Å². The molecule has 1 atom stereocenters. The maximum absolute atomic E-state index is 12.5. The Labute approximate surface area is 150 Å². The summed E-state index contributed by atoms with van der Waals surface area (Å²) in [6, 6.07) is 14.6. The average molecular weight is 347 g/mol. The predicted molar refractivity (Wildman–Crippen MR) is 99.2 cm³/mol. The van der Waals surface area contributed by atoms with Crippen LogP contribution >= 0.6 is 0 Å². The van der Waals surface area contributed by atoms with Crippen molar-refractivity contribution in [2.24, 2.45) is 0 Å². The Morgan fingerprint density at radius 2 is 2.04 bits per heavy atom. The van der Waals surface area contributed by atoms with Gasteiger partial charge in [-0.2, -0.15) is 0 Å². The smallest absolute Gasteiger partial charge is 0.266 e. The molecule has 0 saturated carbocycles. The largest absolute Gasteiger partial charge is 0.478 e. The standard InChI is InChI=1S/C20H17N3O3/c1-12-8-9-14(13-5-4-10-21-19(12)13)22-18(24)11-17-20(25)23-15-6-2-3-7-16(15)26-17/h2-10,17H,11H2,1H3,(H,22,24)(H,23,25). The lowest BCUT2D eigenvalue weighted by molar-refractivity contribution is -0.128. The van der Waals surface area contributed by atoms with E-state index in [-0.39, 0.29) is 18.2 Å². The van der Waals surface area contributed by atoms with Gasteiger partial charge >= 0.3 is 0 Å². The van der Waals surface area contributed by atoms with Crippen molar-refractivity contribution in [3.8, 4) is 5.75 Å². The average Bonchev–Trinajstić information content (AvgIpc) is 2.65. The van der Waals surface area contributed by atoms with Gasteiger partial charge in [0.2, 0.25) is 5.91 Å². The molecule has 1 aliphatic rings. The van der Waals surface area contributed by atoms with Crippen molar-refractivity contribution in [2.45, 2.75) is 19.4 Å². The van der Waals surface area contributed by atoms with Crippen molar-refractivity contribution in [3.63, 3.8) is 0 Å². The number of nitrogens with zero attached hydrogens (tertiary/aromatic N) is 1. The molecule has 0 bridgehead atoms. The molecule has 2 N–H and O–H groups in total. The highest BCUT2D eigenvalue weighted by atomic mass is 16.5. The molecule has 0 aliphatic carbocycles. The van der Waals surface area contributed by atoms with Gasteiger partial charge in [0.25, 0.3) is 5.91 Å². The van der Waals surface area contributed by atoms with Gasteiger partial charge in [-0.05, 0) is 42.8 Å². The number of ether oxygens (including phenoxy) is 1. The number of nitrogens with one attached hydrogen (secondary N) is 2. The van der Waals surface area contributed by atoms with E-state index in [0.717, 1.165) is 16.5 Å². The van der Waals surface area contributed by atoms with Crippen LogP contribution in [-0.4, -0.2) is 22.9 Å². The molecule has 0 radical (unpaired) electrons. The molecule has 1 aromatic heterocycles. The number of pyridine rings is 1. The van der Waals surface area contributed by atoms with Crippen LogP contribution in [0, 0.1) is 6.92 Å². The fraction of sp³-hybridized carbons (Fsp3) is 0.150. The number of hydrogen-bond acceptors (Lipinski definition) is 4. The summed E-state index contributed by atoms with van der Waals surface area (Å²) < 4.78 is 5.67. The maximum Gasteiger partial charge on any atom is 0.266 e. The lowest BCUT2D eigenvalue weighted by Gasteiger charge is -2.25. The van der Waals surface area contributed by atoms with Crippen LogP contribution in [0.25, 0.3) is 10.9 Å². The molecule has 3 aromatic rings. The van der Waals surface area contributed by atoms with E-state index < -0.39 is 6.10 Å². The first-order valence-corrected chi connectivity index (χ1v) is 8.32. The Kier molecular flexibility index (Phi) is 4.01. The molecule has 0 spiro atoms. The minimum absolute atomic E-state index is 0.0736. The van der Waals surface area contributed by atoms with Gasteiger partial charge in [-0.15, -0.1) is 0 Å². The zero-order valence-electron chi connectivity index (χ0n) is 14.2. The molecular formula is C20H17N3O3. The lowest BCUT2D eigenvalue weighted by atomic mass is 10.1. The first kappa shape index (κ1) is 16.1. The molecule has 0 saturated heterocycles. The molecule has 2 amide bonds. The number of aromatic nitrogens is 1. The van der Waals surface area contributed by atoms with Crippen LogP contribution in [-0.2, 0) is 9.59 Å². The van der Waals surface area contributed by atoms with Crippen molar-refractivity contribution in [1.29, 1.82) is 0 Å². The quantitative estimate of drug-likeness (QED) is 0.762. The highest BCUT2D eigenvalue weighted by Crippen LogP contribution is 2.30. The number of fused-ring (bicyclic) bond motifs is 2. The first-order valence-electron chi connectivity index (χ1n) is 8.32. The Hall–Kier alpha value is -3.41. The molecule has 1 unspecified atom stereocenters. The number of amides is 2. The van der Waals surface area contributed by atoms with Crippen molar-refractivity contribution in [2.75, 3.05) is 10.6 Å². The highest BCUT2D eigenvalue weighted by molar-refractivity contribution is 6.05. The zero-order valence-corrected chi connectivity index (χ0v) is 14.2. The van der Waals surface area contributed by atoms with Gasteiger partial charge in [-0.25, -0.2) is 0 Å². The summed E-state index contributed by atoms with van der Waals surface area (Å²) in [6.45, 7) is 1.97. The molecule has 4 rings (SSSR count). The molecule has 2 aromatic carbocycles. The molecule has 130 valence electrons. The van der Waals surface area contributed by atoms with Crippen molar-refractivity contribution < 1.29 is 14.3 Å². The summed E-state index contributed by atoms with van der Waals surface area (Å²) in [5.41, 5.74) is 3.15. The van der Waals surface area contributed by atoms with E-state index in [4.69, 9.17) is 4.74 Å². The monoisotopic (exact) mass is 347 g/mol. The molecule has 6 heteroatoms. The van der Waals surface area contributed by atoms with Crippen LogP contribution in [0.15, 0.2) is 54.7 Å². The maximum atomic E-state index is 12.5. The first-order chi connectivity index (χ1) is 12.6. The Balaban J connectivity index is 1.52. The molecular weight excluding hydrogens is 330 g/mol. The van der Waals surface area contributed by atoms with Gasteiger partial charge in [0.05, 0.1) is 23.3 Å². The number of benzene rings is 2. The van der Waals surface area contributed by atoms with Crippen LogP contribution in [0.1, 0.15) is 12.0 Å². The number of anilines is 2. The van der Waals surface area contributed by atoms with E-state index in [1.165, 1.54) is 0 Å². The number of aryl methyl sites for hydroxylation is 1. The summed E-state index contributed by atoms with van der Waals surface area (Å²) >= 11 is 0. The van der Waals surface area contributed by atoms with Gasteiger partial charge in [0, 0.05) is 11.6 Å². The number of rotatable bonds is 3. The number of para-hydroxylation sites is 2. The summed E-state index contributed by atoms with van der Waals surface area (Å²) in [4.78, 5) is 29.0. The molecule has 0 fully saturated rings. The van der Waals surface area contributed by atoms with Gasteiger partial charge in [0.1, 0.15) is 5.75 Å². The van der Waals surface area contributed by atoms with E-state index in [2.05, 4.69) is 15.6 Å². The Morgan fingerprint density at radius 1 is 1.19 bits per heavy atom. The number of carbonyl (C=O) groups excluding carboxylic acids is 2. The fourth-order valence-corrected chi connectivity index (χ4v) is 3.02. The van der Waals surface area contributed by atoms with Crippen LogP contribution in [0.2, 0.25) is 0 Å². The molecule has 6 nitrogen and oxygen atoms in total. The van der Waals surface area contributed by atoms with Crippen LogP contribution in [0.3, 0.4) is 0 Å². The topological polar surface area (TPSA) is 80.3 Å². The van der Waals surface area contributed by atoms with Gasteiger partial charge in [-0.3, -0.25) is 14.6 Å². The van der Waals surface area contributed by atoms with E-state index in [9.17, 15) is 9.59 Å². The predicted octanol–water partition coefficient (Wildman–Crippen LogP) is 3.27. The third-order valence-corrected chi connectivity index (χ3v) is 4.32. The molecule has 2 heterocycles. The number of carbonyl (C=O) groups is 2. The second-order valence-corrected chi connectivity index (χ2v) is 6.17. The van der Waals surface area contributed by atoms with Crippen LogP contribution in [0.4, 0.5) is 11.4 Å². The summed E-state index contributed by atoms with van der Waals surface area (Å²) in [5.74, 6) is -0.0531. The van der Waals surface area contributed by atoms with Crippen molar-refractivity contribution in [3.05, 3.63) is 60.3 Å². The third kappa shape index (κ3) is 2.97. The normalized spacial score (nSPS) is 15.7. The zero-order chi connectivity index (χ0) is 18.1. The van der Waals surface area contributed by atoms with E-state index in [1.807, 2.05) is 43.3 Å². The minimum Gasteiger partial charge on any atom is -0.478 e. The summed E-state index contributed by atoms with van der Waals surface area (Å²) in [6.07, 6.45) is 0.786. The second kappa shape index (κ2) is 6.48. The summed E-state index contributed by atoms with van der Waals surface area (Å²) in [5, 5.41) is 6.49. The second-order valence-electron chi connectivity index (χ2n) is 6.17. The molecule has 26 heavy (non-hydrogen) atoms. The van der Waals surface area contributed by atoms with Crippen LogP contribution < -0.4 is 15.4 Å². The van der Waals surface area contributed by atoms with E-state index in [1.54, 1.807) is 18.3 Å². The van der Waals surface area contributed by atoms with Gasteiger partial charge in [-0.1, -0.05) is 18.2 Å². The lowest BCUT2D eigenvalue weighted by Crippen LogP contribution is -2.39. The Morgan fingerprint density at radius 3 is 2.92 bits per heavy atom.